The number of methoxy groups -OCH3 is 1. The van der Waals surface area contributed by atoms with Crippen LogP contribution in [0.2, 0.25) is 0 Å². The fourth-order valence-corrected chi connectivity index (χ4v) is 2.86. The lowest BCUT2D eigenvalue weighted by molar-refractivity contribution is -0.359. The highest BCUT2D eigenvalue weighted by Crippen LogP contribution is 2.27. The molecule has 0 saturated heterocycles. The van der Waals surface area contributed by atoms with E-state index in [1.54, 1.807) is 19.1 Å². The quantitative estimate of drug-likeness (QED) is 0.502. The standard InChI is InChI=1S/C16H11N3O3S/c1-9-12(7-17)15(23-13(9)8-18)19-14(20)10-3-5-11(6-4-10)16(21)22-2/h3-6H,1-2H3,(H,19,20)/p+1. The number of nitrogens with one attached hydrogen (secondary N) is 1. The maximum atomic E-state index is 11.4. The number of nitriles is 2. The van der Waals surface area contributed by atoms with Crippen LogP contribution >= 0.6 is 11.3 Å². The molecule has 1 aromatic carbocycles. The summed E-state index contributed by atoms with van der Waals surface area (Å²) in [7, 11) is 1.29. The molecule has 7 heteroatoms. The van der Waals surface area contributed by atoms with Gasteiger partial charge >= 0.3 is 11.9 Å². The first-order valence-corrected chi connectivity index (χ1v) is 7.28. The first-order valence-electron chi connectivity index (χ1n) is 6.47. The van der Waals surface area contributed by atoms with E-state index in [2.05, 4.69) is 9.73 Å². The normalized spacial score (nSPS) is 10.7. The Morgan fingerprint density at radius 2 is 1.83 bits per heavy atom. The third kappa shape index (κ3) is 3.20. The molecule has 1 heterocycles. The number of benzene rings is 1. The van der Waals surface area contributed by atoms with Gasteiger partial charge in [0.15, 0.2) is 0 Å². The molecule has 0 saturated carbocycles. The third-order valence-electron chi connectivity index (χ3n) is 3.17. The summed E-state index contributed by atoms with van der Waals surface area (Å²) in [5, 5.41) is 28.8. The second kappa shape index (κ2) is 6.73. The van der Waals surface area contributed by atoms with Gasteiger partial charge in [-0.15, -0.1) is 0 Å². The van der Waals surface area contributed by atoms with Crippen LogP contribution in [-0.2, 0) is 4.74 Å². The molecule has 23 heavy (non-hydrogen) atoms. The van der Waals surface area contributed by atoms with Crippen molar-refractivity contribution in [2.75, 3.05) is 7.11 Å². The molecule has 0 aliphatic carbocycles. The second-order valence-corrected chi connectivity index (χ2v) is 5.55. The lowest BCUT2D eigenvalue weighted by Crippen LogP contribution is -2.66. The number of esters is 1. The summed E-state index contributed by atoms with van der Waals surface area (Å²) in [4.78, 5) is 14.5. The summed E-state index contributed by atoms with van der Waals surface area (Å²) in [5.74, 6) is -0.646. The Morgan fingerprint density at radius 3 is 2.35 bits per heavy atom. The minimum absolute atomic E-state index is 0.177. The predicted octanol–water partition coefficient (Wildman–Crippen LogP) is 1.30. The maximum absolute atomic E-state index is 11.4. The number of hydrogen-bond donors (Lipinski definition) is 2. The van der Waals surface area contributed by atoms with Crippen molar-refractivity contribution >= 4 is 28.2 Å². The van der Waals surface area contributed by atoms with Crippen molar-refractivity contribution in [2.45, 2.75) is 6.92 Å². The molecule has 0 aliphatic rings. The first kappa shape index (κ1) is 16.2. The van der Waals surface area contributed by atoms with Gasteiger partial charge in [0, 0.05) is 5.56 Å². The topological polar surface area (TPSA) is 108 Å². The monoisotopic (exact) mass is 326 g/mol. The van der Waals surface area contributed by atoms with E-state index in [1.807, 2.05) is 12.1 Å². The van der Waals surface area contributed by atoms with Gasteiger partial charge in [-0.1, -0.05) is 11.3 Å². The summed E-state index contributed by atoms with van der Waals surface area (Å²) in [6.45, 7) is 1.68. The Morgan fingerprint density at radius 1 is 1.22 bits per heavy atom. The lowest BCUT2D eigenvalue weighted by atomic mass is 10.1. The number of aliphatic hydroxyl groups is 1. The summed E-state index contributed by atoms with van der Waals surface area (Å²) in [6, 6.07) is 10.2. The maximum Gasteiger partial charge on any atom is 0.372 e. The van der Waals surface area contributed by atoms with Gasteiger partial charge in [-0.05, 0) is 31.2 Å². The molecule has 0 unspecified atom stereocenters. The van der Waals surface area contributed by atoms with Gasteiger partial charge < -0.3 is 9.84 Å². The van der Waals surface area contributed by atoms with Crippen molar-refractivity contribution < 1.29 is 19.6 Å². The number of carbonyl (C=O) groups is 1. The van der Waals surface area contributed by atoms with E-state index in [9.17, 15) is 15.2 Å². The Balaban J connectivity index is 2.39. The Kier molecular flexibility index (Phi) is 4.75. The molecule has 0 amide bonds. The smallest absolute Gasteiger partial charge is 0.372 e. The van der Waals surface area contributed by atoms with E-state index in [0.29, 0.717) is 32.1 Å². The van der Waals surface area contributed by atoms with E-state index in [1.165, 1.54) is 19.2 Å². The van der Waals surface area contributed by atoms with Crippen LogP contribution in [0.15, 0.2) is 24.3 Å². The van der Waals surface area contributed by atoms with Crippen LogP contribution in [0.3, 0.4) is 0 Å². The van der Waals surface area contributed by atoms with Crippen molar-refractivity contribution in [3.8, 4) is 12.1 Å². The molecule has 0 spiro atoms. The first-order chi connectivity index (χ1) is 11.0. The number of ether oxygens (including phenoxy) is 1. The van der Waals surface area contributed by atoms with Gasteiger partial charge in [-0.2, -0.15) is 15.5 Å². The van der Waals surface area contributed by atoms with E-state index in [0.717, 1.165) is 11.3 Å². The summed E-state index contributed by atoms with van der Waals surface area (Å²) >= 11 is 1.10. The van der Waals surface area contributed by atoms with E-state index in [4.69, 9.17) is 5.26 Å². The molecule has 2 aromatic rings. The van der Waals surface area contributed by atoms with Crippen LogP contribution in [0.4, 0.5) is 5.00 Å². The average Bonchev–Trinajstić information content (AvgIpc) is 2.88. The minimum atomic E-state index is -0.469. The fraction of sp³-hybridized carbons (Fsp3) is 0.125. The molecule has 0 atom stereocenters. The second-order valence-electron chi connectivity index (χ2n) is 4.53. The number of rotatable bonds is 3. The zero-order chi connectivity index (χ0) is 17.0. The molecule has 0 bridgehead atoms. The van der Waals surface area contributed by atoms with Crippen LogP contribution in [-0.4, -0.2) is 24.1 Å². The highest BCUT2D eigenvalue weighted by molar-refractivity contribution is 7.16. The molecule has 0 radical (unpaired) electrons. The van der Waals surface area contributed by atoms with Crippen molar-refractivity contribution in [3.63, 3.8) is 0 Å². The number of thiophene rings is 1. The summed E-state index contributed by atoms with van der Waals surface area (Å²) in [5.41, 5.74) is 1.70. The SMILES string of the molecule is COC(=O)c1ccc(C(O)=[NH+]c2sc(C#N)c(C)c2C#N)cc1. The van der Waals surface area contributed by atoms with Gasteiger partial charge in [-0.25, -0.2) is 4.79 Å². The van der Waals surface area contributed by atoms with Crippen LogP contribution < -0.4 is 4.99 Å². The Labute approximate surface area is 136 Å². The van der Waals surface area contributed by atoms with Gasteiger partial charge in [0.1, 0.15) is 22.6 Å². The molecule has 0 fully saturated rings. The van der Waals surface area contributed by atoms with E-state index >= 15 is 0 Å². The number of nitrogens with zero attached hydrogens (tertiary/aromatic N) is 2. The van der Waals surface area contributed by atoms with Gasteiger partial charge in [0.2, 0.25) is 0 Å². The van der Waals surface area contributed by atoms with Gasteiger partial charge in [-0.3, -0.25) is 0 Å². The molecular formula is C16H12N3O3S+. The predicted molar refractivity (Wildman–Crippen MR) is 83.6 cm³/mol. The van der Waals surface area contributed by atoms with Crippen molar-refractivity contribution in [1.29, 1.82) is 10.5 Å². The largest absolute Gasteiger partial charge is 0.465 e. The zero-order valence-corrected chi connectivity index (χ0v) is 13.2. The average molecular weight is 326 g/mol. The van der Waals surface area contributed by atoms with Crippen LogP contribution in [0.1, 0.15) is 31.9 Å². The molecule has 6 nitrogen and oxygen atoms in total. The number of hydrogen-bond acceptors (Lipinski definition) is 5. The lowest BCUT2D eigenvalue weighted by Gasteiger charge is -1.99. The summed E-state index contributed by atoms with van der Waals surface area (Å²) < 4.78 is 4.60. The van der Waals surface area contributed by atoms with Crippen molar-refractivity contribution in [1.82, 2.24) is 0 Å². The van der Waals surface area contributed by atoms with Crippen LogP contribution in [0.25, 0.3) is 0 Å². The molecule has 0 aliphatic heterocycles. The fourth-order valence-electron chi connectivity index (χ4n) is 1.90. The van der Waals surface area contributed by atoms with Crippen LogP contribution in [0, 0.1) is 29.6 Å². The van der Waals surface area contributed by atoms with Crippen molar-refractivity contribution in [2.24, 2.45) is 0 Å². The number of aliphatic hydroxyl groups excluding tert-OH is 1. The minimum Gasteiger partial charge on any atom is -0.465 e. The molecular weight excluding hydrogens is 314 g/mol. The van der Waals surface area contributed by atoms with Gasteiger partial charge in [0.05, 0.1) is 18.2 Å². The number of carbonyl (C=O) groups excluding carboxylic acids is 1. The van der Waals surface area contributed by atoms with Crippen molar-refractivity contribution in [3.05, 3.63) is 51.4 Å². The Hall–Kier alpha value is -3.16. The van der Waals surface area contributed by atoms with Gasteiger partial charge in [0.25, 0.3) is 5.00 Å². The molecule has 1 aromatic heterocycles. The van der Waals surface area contributed by atoms with E-state index in [-0.39, 0.29) is 5.90 Å². The highest BCUT2D eigenvalue weighted by atomic mass is 32.1. The zero-order valence-electron chi connectivity index (χ0n) is 12.4. The Bertz CT molecular complexity index is 868. The summed E-state index contributed by atoms with van der Waals surface area (Å²) in [6.07, 6.45) is 0. The van der Waals surface area contributed by atoms with E-state index < -0.39 is 5.97 Å². The van der Waals surface area contributed by atoms with Crippen LogP contribution in [0.5, 0.6) is 0 Å². The highest BCUT2D eigenvalue weighted by Gasteiger charge is 2.20. The molecule has 114 valence electrons. The molecule has 2 rings (SSSR count). The molecule has 2 N–H and O–H groups in total. The third-order valence-corrected chi connectivity index (χ3v) is 4.28.